The Hall–Kier alpha value is -2.44. The number of hydrogen-bond donors (Lipinski definition) is 1. The smallest absolute Gasteiger partial charge is 0.269 e. The second-order valence-corrected chi connectivity index (χ2v) is 6.84. The molecule has 6 nitrogen and oxygen atoms in total. The molecule has 0 aliphatic carbocycles. The first-order valence-electron chi connectivity index (χ1n) is 8.20. The monoisotopic (exact) mass is 375 g/mol. The van der Waals surface area contributed by atoms with Crippen molar-refractivity contribution in [1.82, 2.24) is 4.90 Å². The number of anilines is 1. The van der Waals surface area contributed by atoms with Gasteiger partial charge in [0.2, 0.25) is 5.91 Å². The zero-order chi connectivity index (χ0) is 19.4. The summed E-state index contributed by atoms with van der Waals surface area (Å²) in [7, 11) is 1.78. The number of carbonyl (C=O) groups excluding carboxylic acids is 1. The lowest BCUT2D eigenvalue weighted by atomic mass is 10.1. The van der Waals surface area contributed by atoms with Crippen LogP contribution in [0.2, 0.25) is 5.02 Å². The molecule has 0 heterocycles. The minimum atomic E-state index is -0.462. The molecule has 0 spiro atoms. The van der Waals surface area contributed by atoms with Crippen molar-refractivity contribution in [2.45, 2.75) is 33.4 Å². The number of nitrogens with one attached hydrogen (secondary N) is 1. The Morgan fingerprint density at radius 1 is 1.27 bits per heavy atom. The van der Waals surface area contributed by atoms with E-state index in [1.165, 1.54) is 18.2 Å². The van der Waals surface area contributed by atoms with Crippen LogP contribution in [-0.4, -0.2) is 28.8 Å². The lowest BCUT2D eigenvalue weighted by molar-refractivity contribution is -0.384. The minimum absolute atomic E-state index is 0.0229. The standard InChI is InChI=1S/C19H22ClN3O3/c1-12-5-6-13(2)18(9-12)21-19(24)14(3)22(4)11-15-10-16(23(25)26)7-8-17(15)20/h5-10,14H,11H2,1-4H3,(H,21,24). The maximum Gasteiger partial charge on any atom is 0.269 e. The molecule has 0 aliphatic rings. The van der Waals surface area contributed by atoms with Gasteiger partial charge in [-0.15, -0.1) is 0 Å². The molecular formula is C19H22ClN3O3. The van der Waals surface area contributed by atoms with Crippen LogP contribution in [0.5, 0.6) is 0 Å². The van der Waals surface area contributed by atoms with Crippen molar-refractivity contribution in [2.24, 2.45) is 0 Å². The number of nitro benzene ring substituents is 1. The average Bonchev–Trinajstić information content (AvgIpc) is 2.59. The van der Waals surface area contributed by atoms with E-state index in [9.17, 15) is 14.9 Å². The molecule has 0 saturated heterocycles. The number of carbonyl (C=O) groups is 1. The first-order chi connectivity index (χ1) is 12.2. The van der Waals surface area contributed by atoms with E-state index < -0.39 is 11.0 Å². The number of rotatable bonds is 6. The van der Waals surface area contributed by atoms with Gasteiger partial charge in [0.1, 0.15) is 0 Å². The zero-order valence-electron chi connectivity index (χ0n) is 15.2. The average molecular weight is 376 g/mol. The van der Waals surface area contributed by atoms with E-state index >= 15 is 0 Å². The van der Waals surface area contributed by atoms with Crippen LogP contribution in [0.4, 0.5) is 11.4 Å². The van der Waals surface area contributed by atoms with Crippen molar-refractivity contribution >= 4 is 28.9 Å². The van der Waals surface area contributed by atoms with E-state index in [0.717, 1.165) is 16.8 Å². The van der Waals surface area contributed by atoms with Crippen LogP contribution in [0, 0.1) is 24.0 Å². The maximum absolute atomic E-state index is 12.6. The van der Waals surface area contributed by atoms with Gasteiger partial charge in [-0.1, -0.05) is 23.7 Å². The predicted octanol–water partition coefficient (Wildman–Crippen LogP) is 4.32. The van der Waals surface area contributed by atoms with E-state index in [0.29, 0.717) is 17.1 Å². The third-order valence-corrected chi connectivity index (χ3v) is 4.72. The predicted molar refractivity (Wildman–Crippen MR) is 104 cm³/mol. The number of aryl methyl sites for hydroxylation is 2. The molecule has 1 atom stereocenters. The van der Waals surface area contributed by atoms with E-state index in [1.54, 1.807) is 18.9 Å². The fourth-order valence-electron chi connectivity index (χ4n) is 2.51. The summed E-state index contributed by atoms with van der Waals surface area (Å²) < 4.78 is 0. The van der Waals surface area contributed by atoms with Crippen LogP contribution >= 0.6 is 11.6 Å². The summed E-state index contributed by atoms with van der Waals surface area (Å²) in [6.45, 7) is 6.01. The molecule has 138 valence electrons. The SMILES string of the molecule is Cc1ccc(C)c(NC(=O)C(C)N(C)Cc2cc([N+](=O)[O-])ccc2Cl)c1. The highest BCUT2D eigenvalue weighted by atomic mass is 35.5. The number of hydrogen-bond acceptors (Lipinski definition) is 4. The number of nitro groups is 1. The number of halogens is 1. The van der Waals surface area contributed by atoms with Gasteiger partial charge in [0.15, 0.2) is 0 Å². The number of benzene rings is 2. The van der Waals surface area contributed by atoms with E-state index in [2.05, 4.69) is 5.32 Å². The molecule has 0 fully saturated rings. The molecule has 1 amide bonds. The van der Waals surface area contributed by atoms with Crippen LogP contribution in [0.25, 0.3) is 0 Å². The molecule has 2 aromatic carbocycles. The lowest BCUT2D eigenvalue weighted by Gasteiger charge is -2.24. The Morgan fingerprint density at radius 3 is 2.62 bits per heavy atom. The summed E-state index contributed by atoms with van der Waals surface area (Å²) in [6.07, 6.45) is 0. The van der Waals surface area contributed by atoms with Gasteiger partial charge < -0.3 is 5.32 Å². The number of amides is 1. The number of non-ortho nitro benzene ring substituents is 1. The first-order valence-corrected chi connectivity index (χ1v) is 8.58. The Kier molecular flexibility index (Phi) is 6.34. The molecule has 0 aliphatic heterocycles. The van der Waals surface area contributed by atoms with Crippen LogP contribution in [0.1, 0.15) is 23.6 Å². The highest BCUT2D eigenvalue weighted by Gasteiger charge is 2.20. The lowest BCUT2D eigenvalue weighted by Crippen LogP contribution is -2.39. The number of likely N-dealkylation sites (N-methyl/N-ethyl adjacent to an activating group) is 1. The maximum atomic E-state index is 12.6. The van der Waals surface area contributed by atoms with Gasteiger partial charge in [0.25, 0.3) is 5.69 Å². The molecular weight excluding hydrogens is 354 g/mol. The first kappa shape index (κ1) is 19.9. The summed E-state index contributed by atoms with van der Waals surface area (Å²) in [5, 5.41) is 14.3. The van der Waals surface area contributed by atoms with Crippen LogP contribution in [0.15, 0.2) is 36.4 Å². The van der Waals surface area contributed by atoms with Crippen LogP contribution < -0.4 is 5.32 Å². The van der Waals surface area contributed by atoms with Gasteiger partial charge >= 0.3 is 0 Å². The highest BCUT2D eigenvalue weighted by molar-refractivity contribution is 6.31. The van der Waals surface area contributed by atoms with Gasteiger partial charge in [-0.25, -0.2) is 0 Å². The Morgan fingerprint density at radius 2 is 1.96 bits per heavy atom. The molecule has 0 radical (unpaired) electrons. The molecule has 2 aromatic rings. The third kappa shape index (κ3) is 4.80. The topological polar surface area (TPSA) is 75.5 Å². The molecule has 0 aromatic heterocycles. The quantitative estimate of drug-likeness (QED) is 0.602. The zero-order valence-corrected chi connectivity index (χ0v) is 16.0. The molecule has 1 N–H and O–H groups in total. The van der Waals surface area contributed by atoms with E-state index in [-0.39, 0.29) is 11.6 Å². The van der Waals surface area contributed by atoms with Crippen molar-refractivity contribution in [3.8, 4) is 0 Å². The van der Waals surface area contributed by atoms with E-state index in [1.807, 2.05) is 32.0 Å². The molecule has 26 heavy (non-hydrogen) atoms. The van der Waals surface area contributed by atoms with Crippen molar-refractivity contribution in [3.63, 3.8) is 0 Å². The van der Waals surface area contributed by atoms with Gasteiger partial charge in [-0.05, 0) is 56.6 Å². The van der Waals surface area contributed by atoms with Crippen LogP contribution in [-0.2, 0) is 11.3 Å². The Labute approximate surface area is 157 Å². The summed E-state index contributed by atoms with van der Waals surface area (Å²) >= 11 is 6.15. The summed E-state index contributed by atoms with van der Waals surface area (Å²) in [5.74, 6) is -0.150. The normalized spacial score (nSPS) is 12.1. The summed E-state index contributed by atoms with van der Waals surface area (Å²) in [4.78, 5) is 24.8. The van der Waals surface area contributed by atoms with Crippen molar-refractivity contribution < 1.29 is 9.72 Å². The van der Waals surface area contributed by atoms with Gasteiger partial charge in [-0.3, -0.25) is 19.8 Å². The second-order valence-electron chi connectivity index (χ2n) is 6.43. The van der Waals surface area contributed by atoms with Gasteiger partial charge in [0, 0.05) is 29.4 Å². The second kappa shape index (κ2) is 8.29. The van der Waals surface area contributed by atoms with Gasteiger partial charge in [-0.2, -0.15) is 0 Å². The van der Waals surface area contributed by atoms with Crippen molar-refractivity contribution in [1.29, 1.82) is 0 Å². The molecule has 1 unspecified atom stereocenters. The Balaban J connectivity index is 2.10. The fraction of sp³-hybridized carbons (Fsp3) is 0.316. The fourth-order valence-corrected chi connectivity index (χ4v) is 2.69. The summed E-state index contributed by atoms with van der Waals surface area (Å²) in [6, 6.07) is 9.75. The third-order valence-electron chi connectivity index (χ3n) is 4.35. The highest BCUT2D eigenvalue weighted by Crippen LogP contribution is 2.24. The minimum Gasteiger partial charge on any atom is -0.324 e. The van der Waals surface area contributed by atoms with Crippen LogP contribution in [0.3, 0.4) is 0 Å². The molecule has 0 bridgehead atoms. The van der Waals surface area contributed by atoms with E-state index in [4.69, 9.17) is 11.6 Å². The molecule has 2 rings (SSSR count). The van der Waals surface area contributed by atoms with Gasteiger partial charge in [0.05, 0.1) is 11.0 Å². The molecule has 7 heteroatoms. The Bertz CT molecular complexity index is 839. The largest absolute Gasteiger partial charge is 0.324 e. The van der Waals surface area contributed by atoms with Crippen molar-refractivity contribution in [3.05, 3.63) is 68.2 Å². The molecule has 0 saturated carbocycles. The number of nitrogens with zero attached hydrogens (tertiary/aromatic N) is 2. The van der Waals surface area contributed by atoms with Crippen molar-refractivity contribution in [2.75, 3.05) is 12.4 Å². The summed E-state index contributed by atoms with van der Waals surface area (Å²) in [5.41, 5.74) is 3.42.